The number of fused-ring (bicyclic) bond motifs is 1. The third-order valence-corrected chi connectivity index (χ3v) is 5.20. The van der Waals surface area contributed by atoms with Gasteiger partial charge < -0.3 is 15.6 Å². The Morgan fingerprint density at radius 1 is 1.10 bits per heavy atom. The fourth-order valence-corrected chi connectivity index (χ4v) is 3.81. The van der Waals surface area contributed by atoms with Gasteiger partial charge in [0.05, 0.1) is 11.8 Å². The second-order valence-electron chi connectivity index (χ2n) is 6.95. The summed E-state index contributed by atoms with van der Waals surface area (Å²) in [5.74, 6) is 0.567. The summed E-state index contributed by atoms with van der Waals surface area (Å²) in [5.41, 5.74) is 8.35. The molecule has 1 amide bonds. The lowest BCUT2D eigenvalue weighted by molar-refractivity contribution is 0.0952. The molecule has 0 saturated heterocycles. The van der Waals surface area contributed by atoms with Crippen molar-refractivity contribution in [1.29, 1.82) is 0 Å². The van der Waals surface area contributed by atoms with Gasteiger partial charge in [-0.2, -0.15) is 4.98 Å². The zero-order chi connectivity index (χ0) is 22.0. The van der Waals surface area contributed by atoms with Gasteiger partial charge in [-0.25, -0.2) is 13.4 Å². The van der Waals surface area contributed by atoms with Gasteiger partial charge in [-0.15, -0.1) is 0 Å². The Balaban J connectivity index is 1.52. The molecule has 0 bridgehead atoms. The fourth-order valence-electron chi connectivity index (χ4n) is 3.25. The third kappa shape index (κ3) is 4.64. The van der Waals surface area contributed by atoms with E-state index in [-0.39, 0.29) is 11.9 Å². The topological polar surface area (TPSA) is 132 Å². The summed E-state index contributed by atoms with van der Waals surface area (Å²) in [4.78, 5) is 21.0. The molecule has 10 heteroatoms. The van der Waals surface area contributed by atoms with Crippen molar-refractivity contribution in [3.8, 4) is 5.82 Å². The maximum atomic E-state index is 12.8. The van der Waals surface area contributed by atoms with Crippen LogP contribution in [0.15, 0.2) is 67.0 Å². The van der Waals surface area contributed by atoms with E-state index in [9.17, 15) is 13.2 Å². The van der Waals surface area contributed by atoms with Crippen LogP contribution in [0.1, 0.15) is 15.9 Å². The van der Waals surface area contributed by atoms with E-state index in [1.165, 1.54) is 0 Å². The van der Waals surface area contributed by atoms with Crippen LogP contribution < -0.4 is 15.8 Å². The van der Waals surface area contributed by atoms with Crippen LogP contribution in [-0.4, -0.2) is 35.1 Å². The smallest absolute Gasteiger partial charge is 0.252 e. The minimum absolute atomic E-state index is 0.172. The Labute approximate surface area is 179 Å². The SMILES string of the molecule is CS(=O)(=O)Nc1ccc(CNC(=O)c2cccc3c2ccn3-c2ccnc(N)n2)cc1. The number of anilines is 2. The summed E-state index contributed by atoms with van der Waals surface area (Å²) in [6.07, 6.45) is 4.50. The number of nitrogens with one attached hydrogen (secondary N) is 2. The molecule has 0 saturated carbocycles. The highest BCUT2D eigenvalue weighted by Gasteiger charge is 2.13. The van der Waals surface area contributed by atoms with E-state index in [2.05, 4.69) is 20.0 Å². The van der Waals surface area contributed by atoms with Crippen LogP contribution >= 0.6 is 0 Å². The molecular weight excluding hydrogens is 416 g/mol. The molecule has 0 aliphatic rings. The molecule has 0 unspecified atom stereocenters. The molecule has 158 valence electrons. The summed E-state index contributed by atoms with van der Waals surface area (Å²) in [6.45, 7) is 0.303. The molecule has 4 rings (SSSR count). The second kappa shape index (κ2) is 8.07. The molecular formula is C21H20N6O3S. The highest BCUT2D eigenvalue weighted by atomic mass is 32.2. The molecule has 4 aromatic rings. The van der Waals surface area contributed by atoms with Gasteiger partial charge in [0.2, 0.25) is 16.0 Å². The Morgan fingerprint density at radius 3 is 2.58 bits per heavy atom. The molecule has 9 nitrogen and oxygen atoms in total. The molecule has 0 aliphatic heterocycles. The summed E-state index contributed by atoms with van der Waals surface area (Å²) in [5, 5.41) is 3.68. The predicted octanol–water partition coefficient (Wildman–Crippen LogP) is 2.30. The predicted molar refractivity (Wildman–Crippen MR) is 119 cm³/mol. The van der Waals surface area contributed by atoms with Crippen LogP contribution in [0.5, 0.6) is 0 Å². The van der Waals surface area contributed by atoms with Crippen LogP contribution in [-0.2, 0) is 16.6 Å². The van der Waals surface area contributed by atoms with Crippen molar-refractivity contribution in [2.24, 2.45) is 0 Å². The number of hydrogen-bond acceptors (Lipinski definition) is 6. The fraction of sp³-hybridized carbons (Fsp3) is 0.0952. The van der Waals surface area contributed by atoms with E-state index < -0.39 is 10.0 Å². The molecule has 2 aromatic carbocycles. The van der Waals surface area contributed by atoms with E-state index >= 15 is 0 Å². The third-order valence-electron chi connectivity index (χ3n) is 4.59. The highest BCUT2D eigenvalue weighted by molar-refractivity contribution is 7.92. The summed E-state index contributed by atoms with van der Waals surface area (Å²) in [7, 11) is -3.33. The molecule has 2 heterocycles. The van der Waals surface area contributed by atoms with Crippen LogP contribution in [0.25, 0.3) is 16.7 Å². The molecule has 0 fully saturated rings. The van der Waals surface area contributed by atoms with E-state index in [0.29, 0.717) is 23.6 Å². The molecule has 0 radical (unpaired) electrons. The number of nitrogens with zero attached hydrogens (tertiary/aromatic N) is 3. The average Bonchev–Trinajstić information content (AvgIpc) is 3.16. The largest absolute Gasteiger partial charge is 0.368 e. The van der Waals surface area contributed by atoms with E-state index in [1.807, 2.05) is 29.0 Å². The number of carbonyl (C=O) groups is 1. The number of nitrogen functional groups attached to an aromatic ring is 1. The second-order valence-corrected chi connectivity index (χ2v) is 8.70. The van der Waals surface area contributed by atoms with Gasteiger partial charge in [-0.1, -0.05) is 18.2 Å². The normalized spacial score (nSPS) is 11.4. The van der Waals surface area contributed by atoms with Crippen LogP contribution in [0.2, 0.25) is 0 Å². The quantitative estimate of drug-likeness (QED) is 0.425. The first-order valence-electron chi connectivity index (χ1n) is 9.34. The van der Waals surface area contributed by atoms with Gasteiger partial charge in [-0.05, 0) is 42.0 Å². The van der Waals surface area contributed by atoms with Crippen LogP contribution in [0, 0.1) is 0 Å². The standard InChI is InChI=1S/C21H20N6O3S/c1-31(29,30)26-15-7-5-14(6-8-15)13-24-20(28)17-3-2-4-18-16(17)10-12-27(18)19-9-11-23-21(22)25-19/h2-12,26H,13H2,1H3,(H,24,28)(H2,22,23,25). The Morgan fingerprint density at radius 2 is 1.87 bits per heavy atom. The minimum atomic E-state index is -3.33. The molecule has 4 N–H and O–H groups in total. The first-order valence-corrected chi connectivity index (χ1v) is 11.2. The Bertz CT molecular complexity index is 1360. The average molecular weight is 436 g/mol. The number of amides is 1. The minimum Gasteiger partial charge on any atom is -0.368 e. The van der Waals surface area contributed by atoms with E-state index in [4.69, 9.17) is 5.73 Å². The number of aromatic nitrogens is 3. The van der Waals surface area contributed by atoms with Crippen molar-refractivity contribution in [3.05, 3.63) is 78.1 Å². The van der Waals surface area contributed by atoms with Gasteiger partial charge in [0, 0.05) is 35.6 Å². The van der Waals surface area contributed by atoms with Gasteiger partial charge in [-0.3, -0.25) is 9.52 Å². The zero-order valence-electron chi connectivity index (χ0n) is 16.6. The van der Waals surface area contributed by atoms with Crippen LogP contribution in [0.4, 0.5) is 11.6 Å². The number of benzene rings is 2. The molecule has 0 atom stereocenters. The Kier molecular flexibility index (Phi) is 5.30. The zero-order valence-corrected chi connectivity index (χ0v) is 17.4. The van der Waals surface area contributed by atoms with Crippen molar-refractivity contribution >= 4 is 38.5 Å². The maximum absolute atomic E-state index is 12.8. The molecule has 2 aromatic heterocycles. The van der Waals surface area contributed by atoms with E-state index in [1.54, 1.807) is 42.6 Å². The van der Waals surface area contributed by atoms with Crippen molar-refractivity contribution < 1.29 is 13.2 Å². The van der Waals surface area contributed by atoms with Gasteiger partial charge >= 0.3 is 0 Å². The number of carbonyl (C=O) groups excluding carboxylic acids is 1. The van der Waals surface area contributed by atoms with Crippen molar-refractivity contribution in [2.45, 2.75) is 6.54 Å². The lowest BCUT2D eigenvalue weighted by Gasteiger charge is -2.09. The maximum Gasteiger partial charge on any atom is 0.252 e. The molecule has 0 aliphatic carbocycles. The lowest BCUT2D eigenvalue weighted by Crippen LogP contribution is -2.23. The van der Waals surface area contributed by atoms with Crippen molar-refractivity contribution in [1.82, 2.24) is 19.9 Å². The van der Waals surface area contributed by atoms with Crippen LogP contribution in [0.3, 0.4) is 0 Å². The first kappa shape index (κ1) is 20.4. The summed E-state index contributed by atoms with van der Waals surface area (Å²) >= 11 is 0. The molecule has 31 heavy (non-hydrogen) atoms. The van der Waals surface area contributed by atoms with Crippen molar-refractivity contribution in [2.75, 3.05) is 16.7 Å². The number of sulfonamides is 1. The number of nitrogens with two attached hydrogens (primary N) is 1. The summed E-state index contributed by atoms with van der Waals surface area (Å²) < 4.78 is 26.8. The summed E-state index contributed by atoms with van der Waals surface area (Å²) in [6, 6.07) is 15.9. The van der Waals surface area contributed by atoms with Gasteiger partial charge in [0.25, 0.3) is 5.91 Å². The van der Waals surface area contributed by atoms with Gasteiger partial charge in [0.15, 0.2) is 0 Å². The Hall–Kier alpha value is -3.92. The van der Waals surface area contributed by atoms with E-state index in [0.717, 1.165) is 22.7 Å². The van der Waals surface area contributed by atoms with Gasteiger partial charge in [0.1, 0.15) is 5.82 Å². The number of hydrogen-bond donors (Lipinski definition) is 3. The van der Waals surface area contributed by atoms with Crippen molar-refractivity contribution in [3.63, 3.8) is 0 Å². The number of rotatable bonds is 6. The lowest BCUT2D eigenvalue weighted by atomic mass is 10.1. The molecule has 0 spiro atoms. The highest BCUT2D eigenvalue weighted by Crippen LogP contribution is 2.23. The first-order chi connectivity index (χ1) is 14.8. The monoisotopic (exact) mass is 436 g/mol.